The Bertz CT molecular complexity index is 402. The Balaban J connectivity index is 0.00000196. The predicted octanol–water partition coefficient (Wildman–Crippen LogP) is 1.82. The molecule has 1 radical (unpaired) electrons. The molecule has 0 aliphatic carbocycles. The van der Waals surface area contributed by atoms with Gasteiger partial charge in [-0.2, -0.15) is 0 Å². The standard InChI is InChI=1S/C11H11FNO.Y/c1-7-3-4-9(6-10(7)12)11(13)5-8(2)14;/h3,5-6H,13H2,1-2H3;/q-1;/b11-5-;. The van der Waals surface area contributed by atoms with E-state index in [0.29, 0.717) is 11.1 Å². The fourth-order valence-electron chi connectivity index (χ4n) is 1.00. The number of carbonyl (C=O) groups is 1. The molecule has 0 unspecified atom stereocenters. The van der Waals surface area contributed by atoms with Crippen molar-refractivity contribution in [1.82, 2.24) is 0 Å². The molecular formula is C11H11FNOY-. The molecular weight excluding hydrogens is 270 g/mol. The Morgan fingerprint density at radius 1 is 1.60 bits per heavy atom. The van der Waals surface area contributed by atoms with Crippen molar-refractivity contribution < 1.29 is 41.9 Å². The van der Waals surface area contributed by atoms with Crippen molar-refractivity contribution in [2.24, 2.45) is 5.73 Å². The first kappa shape index (κ1) is 14.5. The number of aryl methyl sites for hydroxylation is 1. The number of allylic oxidation sites excluding steroid dienone is 1. The first-order valence-electron chi connectivity index (χ1n) is 4.16. The molecule has 0 fully saturated rings. The van der Waals surface area contributed by atoms with Gasteiger partial charge in [0.2, 0.25) is 0 Å². The molecule has 0 aromatic heterocycles. The van der Waals surface area contributed by atoms with Gasteiger partial charge in [0.1, 0.15) is 5.78 Å². The van der Waals surface area contributed by atoms with Crippen LogP contribution in [0.15, 0.2) is 18.2 Å². The van der Waals surface area contributed by atoms with E-state index < -0.39 is 0 Å². The second kappa shape index (κ2) is 6.14. The van der Waals surface area contributed by atoms with Gasteiger partial charge in [0.05, 0.1) is 0 Å². The van der Waals surface area contributed by atoms with Gasteiger partial charge in [0, 0.05) is 38.5 Å². The van der Waals surface area contributed by atoms with E-state index >= 15 is 0 Å². The fraction of sp³-hybridized carbons (Fsp3) is 0.182. The van der Waals surface area contributed by atoms with Gasteiger partial charge in [-0.25, -0.2) is 4.39 Å². The third-order valence-corrected chi connectivity index (χ3v) is 1.76. The predicted molar refractivity (Wildman–Crippen MR) is 52.8 cm³/mol. The molecule has 1 aromatic rings. The Kier molecular flexibility index (Phi) is 5.92. The van der Waals surface area contributed by atoms with Crippen LogP contribution in [0.4, 0.5) is 4.39 Å². The molecule has 0 saturated carbocycles. The Labute approximate surface area is 114 Å². The molecule has 1 rings (SSSR count). The van der Waals surface area contributed by atoms with Crippen molar-refractivity contribution in [3.63, 3.8) is 0 Å². The number of carbonyl (C=O) groups excluding carboxylic acids is 1. The number of hydrogen-bond donors (Lipinski definition) is 1. The first-order valence-corrected chi connectivity index (χ1v) is 4.16. The maximum absolute atomic E-state index is 13.1. The van der Waals surface area contributed by atoms with Gasteiger partial charge in [-0.1, -0.05) is 12.5 Å². The van der Waals surface area contributed by atoms with Gasteiger partial charge >= 0.3 is 0 Å². The fourth-order valence-corrected chi connectivity index (χ4v) is 1.00. The van der Waals surface area contributed by atoms with E-state index in [1.165, 1.54) is 25.1 Å². The molecule has 0 bridgehead atoms. The van der Waals surface area contributed by atoms with Crippen LogP contribution in [0, 0.1) is 18.8 Å². The summed E-state index contributed by atoms with van der Waals surface area (Å²) in [7, 11) is 0. The van der Waals surface area contributed by atoms with Crippen LogP contribution < -0.4 is 5.73 Å². The van der Waals surface area contributed by atoms with Crippen LogP contribution >= 0.6 is 0 Å². The molecule has 0 atom stereocenters. The van der Waals surface area contributed by atoms with Crippen LogP contribution in [0.25, 0.3) is 5.70 Å². The molecule has 0 aliphatic rings. The Hall–Kier alpha value is -0.536. The van der Waals surface area contributed by atoms with Gasteiger partial charge in [-0.3, -0.25) is 4.79 Å². The average molecular weight is 281 g/mol. The van der Waals surface area contributed by atoms with Crippen LogP contribution in [-0.4, -0.2) is 5.78 Å². The summed E-state index contributed by atoms with van der Waals surface area (Å²) >= 11 is 0. The molecule has 4 heteroatoms. The van der Waals surface area contributed by atoms with Crippen LogP contribution in [0.2, 0.25) is 0 Å². The molecule has 1 aromatic carbocycles. The minimum atomic E-state index is -0.348. The summed E-state index contributed by atoms with van der Waals surface area (Å²) in [6.45, 7) is 3.03. The summed E-state index contributed by atoms with van der Waals surface area (Å²) in [5, 5.41) is 0. The van der Waals surface area contributed by atoms with E-state index in [0.717, 1.165) is 0 Å². The summed E-state index contributed by atoms with van der Waals surface area (Å²) in [6.07, 6.45) is 1.25. The zero-order valence-corrected chi connectivity index (χ0v) is 11.5. The molecule has 0 spiro atoms. The number of rotatable bonds is 2. The van der Waals surface area contributed by atoms with Crippen molar-refractivity contribution >= 4 is 11.5 Å². The van der Waals surface area contributed by atoms with Gasteiger partial charge in [0.15, 0.2) is 0 Å². The summed E-state index contributed by atoms with van der Waals surface area (Å²) < 4.78 is 13.1. The average Bonchev–Trinajstić information content (AvgIpc) is 2.08. The van der Waals surface area contributed by atoms with Crippen LogP contribution in [0.1, 0.15) is 18.1 Å². The van der Waals surface area contributed by atoms with E-state index in [1.54, 1.807) is 6.92 Å². The molecule has 0 heterocycles. The monoisotopic (exact) mass is 281 g/mol. The van der Waals surface area contributed by atoms with Crippen LogP contribution in [-0.2, 0) is 37.5 Å². The number of benzene rings is 1. The van der Waals surface area contributed by atoms with E-state index in [1.807, 2.05) is 0 Å². The molecule has 15 heavy (non-hydrogen) atoms. The molecule has 0 saturated heterocycles. The van der Waals surface area contributed by atoms with Crippen molar-refractivity contribution in [2.75, 3.05) is 0 Å². The number of halogens is 1. The number of hydrogen-bond acceptors (Lipinski definition) is 2. The summed E-state index contributed by atoms with van der Waals surface area (Å²) in [6, 6.07) is 5.57. The first-order chi connectivity index (χ1) is 6.50. The maximum atomic E-state index is 13.1. The SMILES string of the molecule is CC(=O)/C=C(\N)c1[c-]cc(C)c(F)c1.[Y]. The van der Waals surface area contributed by atoms with E-state index in [4.69, 9.17) is 5.73 Å². The van der Waals surface area contributed by atoms with Gasteiger partial charge in [0.25, 0.3) is 0 Å². The van der Waals surface area contributed by atoms with Gasteiger partial charge in [-0.15, -0.1) is 23.8 Å². The van der Waals surface area contributed by atoms with Crippen molar-refractivity contribution in [3.8, 4) is 0 Å². The summed E-state index contributed by atoms with van der Waals surface area (Å²) in [4.78, 5) is 10.7. The molecule has 0 amide bonds. The Morgan fingerprint density at radius 3 is 2.67 bits per heavy atom. The largest absolute Gasteiger partial charge is 0.436 e. The van der Waals surface area contributed by atoms with Gasteiger partial charge < -0.3 is 5.73 Å². The third kappa shape index (κ3) is 4.23. The molecule has 2 N–H and O–H groups in total. The van der Waals surface area contributed by atoms with E-state index in [-0.39, 0.29) is 50.0 Å². The zero-order chi connectivity index (χ0) is 10.7. The van der Waals surface area contributed by atoms with Gasteiger partial charge in [-0.05, 0) is 18.7 Å². The zero-order valence-electron chi connectivity index (χ0n) is 8.67. The molecule has 77 valence electrons. The van der Waals surface area contributed by atoms with E-state index in [2.05, 4.69) is 6.07 Å². The van der Waals surface area contributed by atoms with E-state index in [9.17, 15) is 9.18 Å². The quantitative estimate of drug-likeness (QED) is 0.663. The normalized spacial score (nSPS) is 10.7. The van der Waals surface area contributed by atoms with Crippen LogP contribution in [0.5, 0.6) is 0 Å². The minimum absolute atomic E-state index is 0. The molecule has 2 nitrogen and oxygen atoms in total. The van der Waals surface area contributed by atoms with Crippen molar-refractivity contribution in [1.29, 1.82) is 0 Å². The minimum Gasteiger partial charge on any atom is -0.436 e. The Morgan fingerprint density at radius 2 is 2.20 bits per heavy atom. The van der Waals surface area contributed by atoms with Crippen molar-refractivity contribution in [2.45, 2.75) is 13.8 Å². The summed E-state index contributed by atoms with van der Waals surface area (Å²) in [5.74, 6) is -0.518. The molecule has 0 aliphatic heterocycles. The smallest absolute Gasteiger partial charge is 0.145 e. The van der Waals surface area contributed by atoms with Crippen molar-refractivity contribution in [3.05, 3.63) is 41.2 Å². The summed E-state index contributed by atoms with van der Waals surface area (Å²) in [5.41, 5.74) is 6.70. The maximum Gasteiger partial charge on any atom is 0.145 e. The second-order valence-corrected chi connectivity index (χ2v) is 3.09. The van der Waals surface area contributed by atoms with Crippen LogP contribution in [0.3, 0.4) is 0 Å². The third-order valence-electron chi connectivity index (χ3n) is 1.76. The topological polar surface area (TPSA) is 43.1 Å². The number of nitrogens with two attached hydrogens (primary N) is 1. The second-order valence-electron chi connectivity index (χ2n) is 3.09. The number of ketones is 1.